The van der Waals surface area contributed by atoms with Crippen LogP contribution in [0.25, 0.3) is 32.8 Å². The molecule has 0 atom stereocenters. The number of benzene rings is 3. The van der Waals surface area contributed by atoms with E-state index >= 15 is 0 Å². The van der Waals surface area contributed by atoms with Crippen LogP contribution < -0.4 is 5.32 Å². The van der Waals surface area contributed by atoms with Crippen molar-refractivity contribution in [3.05, 3.63) is 60.2 Å². The first-order valence-electron chi connectivity index (χ1n) is 8.64. The number of para-hydroxylation sites is 2. The molecule has 5 nitrogen and oxygen atoms in total. The van der Waals surface area contributed by atoms with Crippen LogP contribution in [0, 0.1) is 0 Å². The molecule has 0 aliphatic carbocycles. The molecule has 0 spiro atoms. The second kappa shape index (κ2) is 7.86. The summed E-state index contributed by atoms with van der Waals surface area (Å²) in [6, 6.07) is 17.6. The van der Waals surface area contributed by atoms with Crippen molar-refractivity contribution in [1.82, 2.24) is 20.2 Å². The maximum Gasteiger partial charge on any atom is 0.253 e. The Bertz CT molecular complexity index is 1130. The van der Waals surface area contributed by atoms with Crippen LogP contribution in [0.15, 0.2) is 54.6 Å². The second-order valence-corrected chi connectivity index (χ2v) is 6.61. The summed E-state index contributed by atoms with van der Waals surface area (Å²) >= 11 is 0. The van der Waals surface area contributed by atoms with Gasteiger partial charge in [-0.2, -0.15) is 0 Å². The Labute approximate surface area is 163 Å². The van der Waals surface area contributed by atoms with E-state index in [4.69, 9.17) is 9.97 Å². The number of rotatable bonds is 4. The Morgan fingerprint density at radius 1 is 0.963 bits per heavy atom. The van der Waals surface area contributed by atoms with Crippen LogP contribution in [0.1, 0.15) is 10.4 Å². The lowest BCUT2D eigenvalue weighted by Gasteiger charge is -2.13. The maximum atomic E-state index is 12.8. The highest BCUT2D eigenvalue weighted by atomic mass is 35.5. The van der Waals surface area contributed by atoms with Gasteiger partial charge in [-0.05, 0) is 37.7 Å². The molecule has 27 heavy (non-hydrogen) atoms. The van der Waals surface area contributed by atoms with Gasteiger partial charge in [0.2, 0.25) is 0 Å². The van der Waals surface area contributed by atoms with Gasteiger partial charge in [0.25, 0.3) is 5.91 Å². The smallest absolute Gasteiger partial charge is 0.253 e. The third-order valence-electron chi connectivity index (χ3n) is 4.43. The number of aromatic nitrogens is 2. The van der Waals surface area contributed by atoms with E-state index in [1.807, 2.05) is 73.6 Å². The molecule has 1 N–H and O–H groups in total. The van der Waals surface area contributed by atoms with Gasteiger partial charge in [0.05, 0.1) is 22.1 Å². The summed E-state index contributed by atoms with van der Waals surface area (Å²) in [5, 5.41) is 4.98. The van der Waals surface area contributed by atoms with E-state index in [0.29, 0.717) is 17.6 Å². The molecule has 0 unspecified atom stereocenters. The van der Waals surface area contributed by atoms with Crippen molar-refractivity contribution >= 4 is 51.2 Å². The van der Waals surface area contributed by atoms with Crippen molar-refractivity contribution in [3.8, 4) is 0 Å². The number of carbonyl (C=O) groups excluding carboxylic acids is 1. The number of carbonyl (C=O) groups is 1. The van der Waals surface area contributed by atoms with Crippen molar-refractivity contribution in [1.29, 1.82) is 0 Å². The normalized spacial score (nSPS) is 11.1. The summed E-state index contributed by atoms with van der Waals surface area (Å²) in [6.45, 7) is 1.37. The molecule has 0 bridgehead atoms. The van der Waals surface area contributed by atoms with Gasteiger partial charge in [-0.25, -0.2) is 9.97 Å². The van der Waals surface area contributed by atoms with Crippen molar-refractivity contribution in [2.24, 2.45) is 0 Å². The van der Waals surface area contributed by atoms with E-state index in [-0.39, 0.29) is 18.3 Å². The zero-order valence-electron chi connectivity index (χ0n) is 15.3. The highest BCUT2D eigenvalue weighted by Crippen LogP contribution is 2.28. The summed E-state index contributed by atoms with van der Waals surface area (Å²) in [6.07, 6.45) is 0. The molecular formula is C21H21ClN4O. The molecule has 1 amide bonds. The van der Waals surface area contributed by atoms with E-state index < -0.39 is 0 Å². The largest absolute Gasteiger partial charge is 0.351 e. The highest BCUT2D eigenvalue weighted by molar-refractivity contribution is 6.15. The van der Waals surface area contributed by atoms with Gasteiger partial charge in [-0.1, -0.05) is 36.4 Å². The topological polar surface area (TPSA) is 58.1 Å². The molecule has 0 saturated heterocycles. The Hall–Kier alpha value is -2.76. The first-order valence-corrected chi connectivity index (χ1v) is 8.64. The summed E-state index contributed by atoms with van der Waals surface area (Å²) in [7, 11) is 3.96. The molecule has 1 heterocycles. The minimum absolute atomic E-state index is 0. The average Bonchev–Trinajstić information content (AvgIpc) is 2.65. The molecule has 0 radical (unpaired) electrons. The average molecular weight is 381 g/mol. The van der Waals surface area contributed by atoms with E-state index in [1.165, 1.54) is 0 Å². The van der Waals surface area contributed by atoms with Gasteiger partial charge in [0.15, 0.2) is 0 Å². The van der Waals surface area contributed by atoms with Crippen molar-refractivity contribution in [2.45, 2.75) is 0 Å². The van der Waals surface area contributed by atoms with Crippen LogP contribution in [-0.4, -0.2) is 48.0 Å². The molecular weight excluding hydrogens is 360 g/mol. The van der Waals surface area contributed by atoms with Crippen LogP contribution in [-0.2, 0) is 0 Å². The Morgan fingerprint density at radius 2 is 1.59 bits per heavy atom. The zero-order chi connectivity index (χ0) is 18.1. The second-order valence-electron chi connectivity index (χ2n) is 6.61. The van der Waals surface area contributed by atoms with Crippen molar-refractivity contribution in [2.75, 3.05) is 27.2 Å². The first kappa shape index (κ1) is 19.0. The minimum atomic E-state index is -0.118. The van der Waals surface area contributed by atoms with Crippen LogP contribution >= 0.6 is 12.4 Å². The molecule has 0 fully saturated rings. The number of hydrogen-bond acceptors (Lipinski definition) is 4. The van der Waals surface area contributed by atoms with E-state index in [0.717, 1.165) is 33.9 Å². The fourth-order valence-corrected chi connectivity index (χ4v) is 3.10. The fraction of sp³-hybridized carbons (Fsp3) is 0.190. The standard InChI is InChI=1S/C21H20N4O.ClH/c1-25(2)12-11-22-21(26)16-13-14-7-3-4-8-15(14)19-20(16)24-18-10-6-5-9-17(18)23-19;/h3-10,13H,11-12H2,1-2H3,(H,22,26);1H. The SMILES string of the molecule is CN(C)CCNC(=O)c1cc2ccccc2c2nc3ccccc3nc12.Cl. The first-order chi connectivity index (χ1) is 12.6. The lowest BCUT2D eigenvalue weighted by molar-refractivity contribution is 0.0952. The predicted octanol–water partition coefficient (Wildman–Crippen LogP) is 3.65. The van der Waals surface area contributed by atoms with Crippen molar-refractivity contribution < 1.29 is 4.79 Å². The fourth-order valence-electron chi connectivity index (χ4n) is 3.10. The number of likely N-dealkylation sites (N-methyl/N-ethyl adjacent to an activating group) is 1. The molecule has 1 aromatic heterocycles. The van der Waals surface area contributed by atoms with Gasteiger partial charge in [-0.3, -0.25) is 4.79 Å². The number of nitrogens with zero attached hydrogens (tertiary/aromatic N) is 3. The zero-order valence-corrected chi connectivity index (χ0v) is 16.1. The van der Waals surface area contributed by atoms with Crippen LogP contribution in [0.5, 0.6) is 0 Å². The lowest BCUT2D eigenvalue weighted by atomic mass is 10.0. The third-order valence-corrected chi connectivity index (χ3v) is 4.43. The van der Waals surface area contributed by atoms with Gasteiger partial charge in [-0.15, -0.1) is 12.4 Å². The quantitative estimate of drug-likeness (QED) is 0.433. The molecule has 0 saturated carbocycles. The molecule has 138 valence electrons. The number of hydrogen-bond donors (Lipinski definition) is 1. The number of halogens is 1. The van der Waals surface area contributed by atoms with Crippen molar-refractivity contribution in [3.63, 3.8) is 0 Å². The Morgan fingerprint density at radius 3 is 2.30 bits per heavy atom. The molecule has 0 aliphatic rings. The van der Waals surface area contributed by atoms with E-state index in [9.17, 15) is 4.79 Å². The lowest BCUT2D eigenvalue weighted by Crippen LogP contribution is -2.31. The summed E-state index contributed by atoms with van der Waals surface area (Å²) in [4.78, 5) is 24.4. The van der Waals surface area contributed by atoms with Gasteiger partial charge in [0.1, 0.15) is 5.52 Å². The van der Waals surface area contributed by atoms with E-state index in [1.54, 1.807) is 0 Å². The van der Waals surface area contributed by atoms with E-state index in [2.05, 4.69) is 5.32 Å². The number of amides is 1. The molecule has 0 aliphatic heterocycles. The molecule has 4 aromatic rings. The summed E-state index contributed by atoms with van der Waals surface area (Å²) < 4.78 is 0. The predicted molar refractivity (Wildman–Crippen MR) is 113 cm³/mol. The summed E-state index contributed by atoms with van der Waals surface area (Å²) in [5.41, 5.74) is 3.59. The van der Waals surface area contributed by atoms with Crippen LogP contribution in [0.3, 0.4) is 0 Å². The Balaban J connectivity index is 0.00000210. The van der Waals surface area contributed by atoms with Crippen LogP contribution in [0.2, 0.25) is 0 Å². The maximum absolute atomic E-state index is 12.8. The summed E-state index contributed by atoms with van der Waals surface area (Å²) in [5.74, 6) is -0.118. The third kappa shape index (κ3) is 3.70. The minimum Gasteiger partial charge on any atom is -0.351 e. The van der Waals surface area contributed by atoms with Gasteiger partial charge >= 0.3 is 0 Å². The molecule has 6 heteroatoms. The molecule has 3 aromatic carbocycles. The van der Waals surface area contributed by atoms with Crippen LogP contribution in [0.4, 0.5) is 0 Å². The molecule has 4 rings (SSSR count). The number of fused-ring (bicyclic) bond motifs is 4. The van der Waals surface area contributed by atoms with Gasteiger partial charge in [0, 0.05) is 18.5 Å². The number of nitrogens with one attached hydrogen (secondary N) is 1. The van der Waals surface area contributed by atoms with Gasteiger partial charge < -0.3 is 10.2 Å². The monoisotopic (exact) mass is 380 g/mol. The Kier molecular flexibility index (Phi) is 5.54. The highest BCUT2D eigenvalue weighted by Gasteiger charge is 2.16.